The van der Waals surface area contributed by atoms with Gasteiger partial charge in [0.05, 0.1) is 5.92 Å². The van der Waals surface area contributed by atoms with E-state index in [0.717, 1.165) is 25.3 Å². The van der Waals surface area contributed by atoms with Gasteiger partial charge >= 0.3 is 5.97 Å². The number of hydrogen-bond acceptors (Lipinski definition) is 2. The molecule has 1 heterocycles. The maximum absolute atomic E-state index is 10.6. The van der Waals surface area contributed by atoms with Gasteiger partial charge in [-0.1, -0.05) is 13.3 Å². The summed E-state index contributed by atoms with van der Waals surface area (Å²) in [6.07, 6.45) is 4.28. The molecule has 3 nitrogen and oxygen atoms in total. The molecule has 1 aliphatic rings. The van der Waals surface area contributed by atoms with Crippen LogP contribution in [0.4, 0.5) is 0 Å². The van der Waals surface area contributed by atoms with E-state index in [-0.39, 0.29) is 5.92 Å². The minimum absolute atomic E-state index is 0.189. The molecule has 3 heteroatoms. The lowest BCUT2D eigenvalue weighted by Gasteiger charge is -2.43. The fourth-order valence-corrected chi connectivity index (χ4v) is 2.20. The van der Waals surface area contributed by atoms with E-state index in [2.05, 4.69) is 18.7 Å². The summed E-state index contributed by atoms with van der Waals surface area (Å²) in [6, 6.07) is 1.35. The van der Waals surface area contributed by atoms with Crippen LogP contribution >= 0.6 is 0 Å². The summed E-state index contributed by atoms with van der Waals surface area (Å²) in [5, 5.41) is 8.75. The van der Waals surface area contributed by atoms with Crippen molar-refractivity contribution in [3.8, 4) is 0 Å². The first-order valence-electron chi connectivity index (χ1n) is 6.01. The summed E-state index contributed by atoms with van der Waals surface area (Å²) in [5.41, 5.74) is 0. The van der Waals surface area contributed by atoms with Gasteiger partial charge < -0.3 is 5.11 Å². The summed E-state index contributed by atoms with van der Waals surface area (Å²) in [7, 11) is 0. The van der Waals surface area contributed by atoms with Gasteiger partial charge in [0.15, 0.2) is 0 Å². The molecule has 1 saturated heterocycles. The van der Waals surface area contributed by atoms with Crippen LogP contribution in [0.2, 0.25) is 0 Å². The molecule has 0 saturated carbocycles. The van der Waals surface area contributed by atoms with E-state index in [9.17, 15) is 4.79 Å². The van der Waals surface area contributed by atoms with Crippen LogP contribution < -0.4 is 0 Å². The zero-order valence-corrected chi connectivity index (χ0v) is 10.1. The number of carbonyl (C=O) groups is 1. The van der Waals surface area contributed by atoms with E-state index < -0.39 is 5.97 Å². The Balaban J connectivity index is 2.11. The van der Waals surface area contributed by atoms with Crippen LogP contribution in [0.1, 0.15) is 46.5 Å². The van der Waals surface area contributed by atoms with Gasteiger partial charge in [0.25, 0.3) is 0 Å². The second kappa shape index (κ2) is 5.50. The summed E-state index contributed by atoms with van der Waals surface area (Å²) in [4.78, 5) is 13.1. The average Bonchev–Trinajstić information content (AvgIpc) is 2.15. The maximum Gasteiger partial charge on any atom is 0.306 e. The Morgan fingerprint density at radius 2 is 2.13 bits per heavy atom. The smallest absolute Gasteiger partial charge is 0.306 e. The standard InChI is InChI=1S/C12H23NO2/c1-9(12(14)15)5-4-6-10(2)13-8-7-11(13)3/h9-11H,4-8H2,1-3H3,(H,14,15). The molecule has 0 amide bonds. The topological polar surface area (TPSA) is 40.5 Å². The van der Waals surface area contributed by atoms with E-state index in [1.165, 1.54) is 13.0 Å². The lowest BCUT2D eigenvalue weighted by Crippen LogP contribution is -2.50. The third-order valence-corrected chi connectivity index (χ3v) is 3.62. The quantitative estimate of drug-likeness (QED) is 0.736. The Morgan fingerprint density at radius 1 is 1.47 bits per heavy atom. The molecule has 1 N–H and O–H groups in total. The molecule has 0 bridgehead atoms. The van der Waals surface area contributed by atoms with Gasteiger partial charge in [-0.05, 0) is 33.1 Å². The summed E-state index contributed by atoms with van der Waals surface area (Å²) in [6.45, 7) is 7.52. The number of likely N-dealkylation sites (tertiary alicyclic amines) is 1. The predicted octanol–water partition coefficient (Wildman–Crippen LogP) is 2.36. The van der Waals surface area contributed by atoms with Crippen molar-refractivity contribution in [3.63, 3.8) is 0 Å². The summed E-state index contributed by atoms with van der Waals surface area (Å²) < 4.78 is 0. The Morgan fingerprint density at radius 3 is 2.53 bits per heavy atom. The molecule has 3 atom stereocenters. The van der Waals surface area contributed by atoms with Crippen molar-refractivity contribution in [1.29, 1.82) is 0 Å². The fraction of sp³-hybridized carbons (Fsp3) is 0.917. The minimum Gasteiger partial charge on any atom is -0.481 e. The van der Waals surface area contributed by atoms with Gasteiger partial charge in [-0.15, -0.1) is 0 Å². The van der Waals surface area contributed by atoms with E-state index in [1.807, 2.05) is 0 Å². The molecule has 1 fully saturated rings. The van der Waals surface area contributed by atoms with Gasteiger partial charge in [-0.25, -0.2) is 0 Å². The maximum atomic E-state index is 10.6. The van der Waals surface area contributed by atoms with Gasteiger partial charge in [-0.3, -0.25) is 9.69 Å². The Hall–Kier alpha value is -0.570. The highest BCUT2D eigenvalue weighted by Crippen LogP contribution is 2.23. The first-order chi connectivity index (χ1) is 7.02. The molecule has 0 aromatic rings. The van der Waals surface area contributed by atoms with Crippen LogP contribution in [0.3, 0.4) is 0 Å². The van der Waals surface area contributed by atoms with E-state index in [0.29, 0.717) is 6.04 Å². The van der Waals surface area contributed by atoms with Crippen molar-refractivity contribution in [2.75, 3.05) is 6.54 Å². The third-order valence-electron chi connectivity index (χ3n) is 3.62. The Labute approximate surface area is 92.5 Å². The van der Waals surface area contributed by atoms with Crippen molar-refractivity contribution < 1.29 is 9.90 Å². The number of nitrogens with zero attached hydrogens (tertiary/aromatic N) is 1. The SMILES string of the molecule is CC(CCCC(C)N1CCC1C)C(=O)O. The van der Waals surface area contributed by atoms with Crippen molar-refractivity contribution in [2.24, 2.45) is 5.92 Å². The summed E-state index contributed by atoms with van der Waals surface area (Å²) >= 11 is 0. The van der Waals surface area contributed by atoms with E-state index in [1.54, 1.807) is 6.92 Å². The number of hydrogen-bond donors (Lipinski definition) is 1. The van der Waals surface area contributed by atoms with Crippen LogP contribution in [0, 0.1) is 5.92 Å². The largest absolute Gasteiger partial charge is 0.481 e. The van der Waals surface area contributed by atoms with E-state index in [4.69, 9.17) is 5.11 Å². The summed E-state index contributed by atoms with van der Waals surface area (Å²) in [5.74, 6) is -0.856. The Bertz CT molecular complexity index is 218. The zero-order valence-electron chi connectivity index (χ0n) is 10.1. The molecule has 0 spiro atoms. The van der Waals surface area contributed by atoms with Crippen LogP contribution in [-0.4, -0.2) is 34.6 Å². The molecular formula is C12H23NO2. The van der Waals surface area contributed by atoms with Gasteiger partial charge in [0.1, 0.15) is 0 Å². The molecule has 15 heavy (non-hydrogen) atoms. The van der Waals surface area contributed by atoms with Crippen LogP contribution in [0.5, 0.6) is 0 Å². The van der Waals surface area contributed by atoms with Gasteiger partial charge in [0, 0.05) is 18.6 Å². The highest BCUT2D eigenvalue weighted by Gasteiger charge is 2.27. The lowest BCUT2D eigenvalue weighted by molar-refractivity contribution is -0.141. The third kappa shape index (κ3) is 3.49. The van der Waals surface area contributed by atoms with Crippen molar-refractivity contribution in [3.05, 3.63) is 0 Å². The van der Waals surface area contributed by atoms with Crippen LogP contribution in [0.15, 0.2) is 0 Å². The van der Waals surface area contributed by atoms with Crippen molar-refractivity contribution in [1.82, 2.24) is 4.90 Å². The van der Waals surface area contributed by atoms with E-state index >= 15 is 0 Å². The molecule has 3 unspecified atom stereocenters. The first kappa shape index (κ1) is 12.5. The Kier molecular flexibility index (Phi) is 4.58. The second-order valence-electron chi connectivity index (χ2n) is 4.89. The van der Waals surface area contributed by atoms with Crippen LogP contribution in [-0.2, 0) is 4.79 Å². The monoisotopic (exact) mass is 213 g/mol. The number of aliphatic carboxylic acids is 1. The van der Waals surface area contributed by atoms with Crippen LogP contribution in [0.25, 0.3) is 0 Å². The molecule has 0 aliphatic carbocycles. The molecule has 0 aromatic heterocycles. The molecule has 1 aliphatic heterocycles. The average molecular weight is 213 g/mol. The molecule has 1 rings (SSSR count). The van der Waals surface area contributed by atoms with Crippen molar-refractivity contribution in [2.45, 2.75) is 58.5 Å². The predicted molar refractivity (Wildman–Crippen MR) is 60.9 cm³/mol. The highest BCUT2D eigenvalue weighted by atomic mass is 16.4. The second-order valence-corrected chi connectivity index (χ2v) is 4.89. The first-order valence-corrected chi connectivity index (χ1v) is 6.01. The molecule has 0 radical (unpaired) electrons. The molecule has 88 valence electrons. The van der Waals surface area contributed by atoms with Crippen molar-refractivity contribution >= 4 is 5.97 Å². The normalized spacial score (nSPS) is 25.7. The lowest BCUT2D eigenvalue weighted by atomic mass is 9.97. The number of carboxylic acid groups (broad SMARTS) is 1. The zero-order chi connectivity index (χ0) is 11.4. The molecular weight excluding hydrogens is 190 g/mol. The van der Waals surface area contributed by atoms with Gasteiger partial charge in [-0.2, -0.15) is 0 Å². The minimum atomic E-state index is -0.667. The molecule has 0 aromatic carbocycles. The number of rotatable bonds is 6. The number of carboxylic acids is 1. The highest BCUT2D eigenvalue weighted by molar-refractivity contribution is 5.69. The van der Waals surface area contributed by atoms with Gasteiger partial charge in [0.2, 0.25) is 0 Å². The fourth-order valence-electron chi connectivity index (χ4n) is 2.20.